The number of benzene rings is 6. The van der Waals surface area contributed by atoms with E-state index in [1.807, 2.05) is 50.2 Å². The normalized spacial score (nSPS) is 15.9. The second kappa shape index (κ2) is 13.8. The van der Waals surface area contributed by atoms with Crippen LogP contribution in [0.4, 0.5) is 0 Å². The molecule has 10 aromatic rings. The number of aromatic nitrogens is 4. The Kier molecular flexibility index (Phi) is 8.22. The highest BCUT2D eigenvalue weighted by molar-refractivity contribution is 6.12. The Morgan fingerprint density at radius 3 is 2.20 bits per heavy atom. The third-order valence-corrected chi connectivity index (χ3v) is 12.1. The molecule has 2 aliphatic carbocycles. The Morgan fingerprint density at radius 2 is 1.32 bits per heavy atom. The second-order valence-corrected chi connectivity index (χ2v) is 15.7. The van der Waals surface area contributed by atoms with E-state index in [1.165, 1.54) is 27.5 Å². The molecule has 0 saturated carbocycles. The second-order valence-electron chi connectivity index (χ2n) is 15.7. The zero-order chi connectivity index (χ0) is 39.8. The minimum atomic E-state index is 0.403. The highest BCUT2D eigenvalue weighted by atomic mass is 16.3. The van der Waals surface area contributed by atoms with E-state index >= 15 is 0 Å². The van der Waals surface area contributed by atoms with Crippen LogP contribution in [0.15, 0.2) is 142 Å². The number of fused-ring (bicyclic) bond motifs is 11. The monoisotopic (exact) mass is 766 g/mol. The summed E-state index contributed by atoms with van der Waals surface area (Å²) in [4.78, 5) is 15.7. The Hall–Kier alpha value is -7.05. The minimum absolute atomic E-state index is 0.403. The molecular weight excluding hydrogens is 725 g/mol. The van der Waals surface area contributed by atoms with E-state index in [2.05, 4.69) is 128 Å². The molecule has 286 valence electrons. The standard InChI is InChI=1S/C51H36N4O2.C2H6/c1-29-18-23-42-40(26-29)39-16-9-14-35(32-20-24-44-41(27-32)47-38-15-8-10-30(2)34(38)22-25-45(47)56-44)48(39)55(42)51-53-49(31-11-4-3-5-12-31)52-50(54-51)33-19-21-37-36-13-6-7-17-43(36)57-46(37)28-33;1-2/h3-9,11-25,27-30H,10,26H2,1-2H3;1-2H3. The van der Waals surface area contributed by atoms with Gasteiger partial charge in [0.15, 0.2) is 11.6 Å². The molecule has 0 N–H and O–H groups in total. The molecule has 0 spiro atoms. The highest BCUT2D eigenvalue weighted by Crippen LogP contribution is 2.44. The molecule has 59 heavy (non-hydrogen) atoms. The molecule has 2 aliphatic rings. The largest absolute Gasteiger partial charge is 0.456 e. The number of hydrogen-bond donors (Lipinski definition) is 0. The number of rotatable bonds is 4. The first-order valence-electron chi connectivity index (χ1n) is 20.8. The van der Waals surface area contributed by atoms with Crippen molar-refractivity contribution in [3.63, 3.8) is 0 Å². The summed E-state index contributed by atoms with van der Waals surface area (Å²) in [5.41, 5.74) is 13.6. The van der Waals surface area contributed by atoms with Gasteiger partial charge in [-0.25, -0.2) is 4.98 Å². The predicted octanol–water partition coefficient (Wildman–Crippen LogP) is 14.4. The lowest BCUT2D eigenvalue weighted by atomic mass is 9.86. The Bertz CT molecular complexity index is 3340. The average Bonchev–Trinajstić information content (AvgIpc) is 3.96. The summed E-state index contributed by atoms with van der Waals surface area (Å²) in [5, 5.41) is 5.67. The summed E-state index contributed by atoms with van der Waals surface area (Å²) in [5.74, 6) is 2.64. The maximum Gasteiger partial charge on any atom is 0.238 e. The van der Waals surface area contributed by atoms with E-state index in [4.69, 9.17) is 23.8 Å². The van der Waals surface area contributed by atoms with Gasteiger partial charge < -0.3 is 8.83 Å². The molecule has 6 nitrogen and oxygen atoms in total. The first-order valence-corrected chi connectivity index (χ1v) is 20.8. The zero-order valence-corrected chi connectivity index (χ0v) is 33.5. The summed E-state index contributed by atoms with van der Waals surface area (Å²) >= 11 is 0. The third kappa shape index (κ3) is 5.58. The zero-order valence-electron chi connectivity index (χ0n) is 33.5. The van der Waals surface area contributed by atoms with Gasteiger partial charge in [-0.3, -0.25) is 4.57 Å². The molecule has 6 heteroatoms. The quantitative estimate of drug-likeness (QED) is 0.178. The number of nitrogens with zero attached hydrogens (tertiary/aromatic N) is 4. The van der Waals surface area contributed by atoms with Gasteiger partial charge in [0.05, 0.1) is 11.2 Å². The summed E-state index contributed by atoms with van der Waals surface area (Å²) in [6, 6.07) is 42.3. The lowest BCUT2D eigenvalue weighted by Gasteiger charge is -2.18. The third-order valence-electron chi connectivity index (χ3n) is 12.1. The van der Waals surface area contributed by atoms with Gasteiger partial charge in [0.2, 0.25) is 5.95 Å². The van der Waals surface area contributed by atoms with Crippen LogP contribution in [0, 0.1) is 5.92 Å². The molecular formula is C53H42N4O2. The molecule has 0 radical (unpaired) electrons. The molecule has 0 aliphatic heterocycles. The first-order chi connectivity index (χ1) is 29.1. The van der Waals surface area contributed by atoms with Crippen molar-refractivity contribution in [3.8, 4) is 39.9 Å². The Balaban J connectivity index is 0.00000196. The van der Waals surface area contributed by atoms with Crippen molar-refractivity contribution in [1.29, 1.82) is 0 Å². The first kappa shape index (κ1) is 35.1. The SMILES string of the molecule is CC.CC1C=Cc2c(c3cccc(-c4ccc5oc6ccc7c(c6c5c4)C=CCC7C)c3n2-c2nc(-c3ccccc3)nc(-c3ccc4c(c3)oc3ccccc34)n2)C1. The molecule has 2 unspecified atom stereocenters. The van der Waals surface area contributed by atoms with Gasteiger partial charge >= 0.3 is 0 Å². The maximum absolute atomic E-state index is 6.48. The van der Waals surface area contributed by atoms with Crippen LogP contribution in [0.2, 0.25) is 0 Å². The van der Waals surface area contributed by atoms with Gasteiger partial charge in [0.1, 0.15) is 22.3 Å². The maximum atomic E-state index is 6.48. The lowest BCUT2D eigenvalue weighted by Crippen LogP contribution is -2.10. The van der Waals surface area contributed by atoms with Crippen LogP contribution in [0.5, 0.6) is 0 Å². The van der Waals surface area contributed by atoms with E-state index < -0.39 is 0 Å². The molecule has 0 bridgehead atoms. The average molecular weight is 767 g/mol. The number of hydrogen-bond acceptors (Lipinski definition) is 5. The van der Waals surface area contributed by atoms with Crippen LogP contribution in [-0.2, 0) is 6.42 Å². The lowest BCUT2D eigenvalue weighted by molar-refractivity contribution is 0.668. The Morgan fingerprint density at radius 1 is 0.593 bits per heavy atom. The molecule has 0 saturated heterocycles. The van der Waals surface area contributed by atoms with E-state index in [0.717, 1.165) is 84.8 Å². The van der Waals surface area contributed by atoms with Crippen molar-refractivity contribution in [3.05, 3.63) is 156 Å². The molecule has 0 amide bonds. The summed E-state index contributed by atoms with van der Waals surface area (Å²) < 4.78 is 15.1. The van der Waals surface area contributed by atoms with Crippen LogP contribution in [0.25, 0.3) is 107 Å². The van der Waals surface area contributed by atoms with Crippen LogP contribution in [-0.4, -0.2) is 19.5 Å². The molecule has 6 aromatic carbocycles. The van der Waals surface area contributed by atoms with Gasteiger partial charge in [-0.1, -0.05) is 131 Å². The fraction of sp³-hybridized carbons (Fsp3) is 0.151. The van der Waals surface area contributed by atoms with Crippen molar-refractivity contribution < 1.29 is 8.83 Å². The Labute approximate surface area is 342 Å². The number of furan rings is 2. The minimum Gasteiger partial charge on any atom is -0.456 e. The summed E-state index contributed by atoms with van der Waals surface area (Å²) in [6.07, 6.45) is 11.1. The van der Waals surface area contributed by atoms with Crippen molar-refractivity contribution in [2.24, 2.45) is 5.92 Å². The van der Waals surface area contributed by atoms with E-state index in [1.54, 1.807) is 0 Å². The van der Waals surface area contributed by atoms with Gasteiger partial charge in [0, 0.05) is 43.6 Å². The topological polar surface area (TPSA) is 69.9 Å². The van der Waals surface area contributed by atoms with Crippen LogP contribution < -0.4 is 0 Å². The number of para-hydroxylation sites is 2. The smallest absolute Gasteiger partial charge is 0.238 e. The van der Waals surface area contributed by atoms with Crippen molar-refractivity contribution >= 4 is 66.9 Å². The van der Waals surface area contributed by atoms with Crippen LogP contribution in [0.1, 0.15) is 62.4 Å². The fourth-order valence-electron chi connectivity index (χ4n) is 9.28. The van der Waals surface area contributed by atoms with E-state index in [0.29, 0.717) is 29.4 Å². The van der Waals surface area contributed by atoms with Gasteiger partial charge in [-0.2, -0.15) is 9.97 Å². The van der Waals surface area contributed by atoms with Crippen molar-refractivity contribution in [2.75, 3.05) is 0 Å². The molecule has 4 heterocycles. The highest BCUT2D eigenvalue weighted by Gasteiger charge is 2.27. The van der Waals surface area contributed by atoms with E-state index in [-0.39, 0.29) is 0 Å². The molecule has 4 aromatic heterocycles. The molecule has 12 rings (SSSR count). The predicted molar refractivity (Wildman–Crippen MR) is 243 cm³/mol. The van der Waals surface area contributed by atoms with E-state index in [9.17, 15) is 0 Å². The molecule has 0 fully saturated rings. The van der Waals surface area contributed by atoms with Crippen molar-refractivity contribution in [2.45, 2.75) is 46.5 Å². The molecule has 2 atom stereocenters. The summed E-state index contributed by atoms with van der Waals surface area (Å²) in [7, 11) is 0. The van der Waals surface area contributed by atoms with Crippen molar-refractivity contribution in [1.82, 2.24) is 19.5 Å². The van der Waals surface area contributed by atoms with Gasteiger partial charge in [0.25, 0.3) is 0 Å². The fourth-order valence-corrected chi connectivity index (χ4v) is 9.28. The summed E-state index contributed by atoms with van der Waals surface area (Å²) in [6.45, 7) is 8.59. The van der Waals surface area contributed by atoms with Gasteiger partial charge in [-0.05, 0) is 89.4 Å². The van der Waals surface area contributed by atoms with Crippen LogP contribution in [0.3, 0.4) is 0 Å². The number of allylic oxidation sites excluding steroid dienone is 2. The van der Waals surface area contributed by atoms with Crippen LogP contribution >= 0.6 is 0 Å². The van der Waals surface area contributed by atoms with Gasteiger partial charge in [-0.15, -0.1) is 0 Å².